The molecule has 7 heteroatoms. The molecule has 27 heavy (non-hydrogen) atoms. The maximum absolute atomic E-state index is 13.2. The lowest BCUT2D eigenvalue weighted by Crippen LogP contribution is -2.30. The molecule has 1 fully saturated rings. The van der Waals surface area contributed by atoms with Gasteiger partial charge in [0, 0.05) is 31.8 Å². The van der Waals surface area contributed by atoms with Crippen molar-refractivity contribution < 1.29 is 9.50 Å². The Labute approximate surface area is 157 Å². The lowest BCUT2D eigenvalue weighted by atomic mass is 10.1. The molecule has 0 saturated carbocycles. The Morgan fingerprint density at radius 3 is 2.44 bits per heavy atom. The molecule has 140 valence electrons. The van der Waals surface area contributed by atoms with Crippen LogP contribution >= 0.6 is 0 Å². The predicted molar refractivity (Wildman–Crippen MR) is 100 cm³/mol. The number of hydrogen-bond donors (Lipinski definition) is 1. The third kappa shape index (κ3) is 4.14. The van der Waals surface area contributed by atoms with E-state index in [0.29, 0.717) is 18.1 Å². The summed E-state index contributed by atoms with van der Waals surface area (Å²) in [5.74, 6) is 1.12. The van der Waals surface area contributed by atoms with Gasteiger partial charge in [-0.3, -0.25) is 0 Å². The third-order valence-electron chi connectivity index (χ3n) is 4.74. The van der Waals surface area contributed by atoms with Gasteiger partial charge in [0.2, 0.25) is 0 Å². The number of halogens is 1. The summed E-state index contributed by atoms with van der Waals surface area (Å²) in [6.45, 7) is 1.84. The maximum atomic E-state index is 13.2. The van der Waals surface area contributed by atoms with E-state index in [1.165, 1.54) is 18.6 Å². The first kappa shape index (κ1) is 17.6. The van der Waals surface area contributed by atoms with Crippen LogP contribution in [0.4, 0.5) is 10.2 Å². The molecule has 4 rings (SSSR count). The summed E-state index contributed by atoms with van der Waals surface area (Å²) in [5, 5.41) is 13.6. The lowest BCUT2D eigenvalue weighted by molar-refractivity contribution is 0.276. The van der Waals surface area contributed by atoms with Crippen LogP contribution in [-0.2, 0) is 13.0 Å². The largest absolute Gasteiger partial charge is 0.390 e. The molecule has 1 aliphatic rings. The van der Waals surface area contributed by atoms with Crippen molar-refractivity contribution in [2.45, 2.75) is 32.3 Å². The number of piperidine rings is 1. The molecule has 0 bridgehead atoms. The highest BCUT2D eigenvalue weighted by Gasteiger charge is 2.16. The number of anilines is 1. The summed E-state index contributed by atoms with van der Waals surface area (Å²) >= 11 is 0. The van der Waals surface area contributed by atoms with Crippen LogP contribution < -0.4 is 4.90 Å². The number of nitrogens with zero attached hydrogens (tertiary/aromatic N) is 5. The topological polar surface area (TPSA) is 67.1 Å². The van der Waals surface area contributed by atoms with Gasteiger partial charge in [-0.2, -0.15) is 10.1 Å². The number of hydrogen-bond acceptors (Lipinski definition) is 5. The second-order valence-electron chi connectivity index (χ2n) is 6.78. The summed E-state index contributed by atoms with van der Waals surface area (Å²) < 4.78 is 14.8. The molecule has 0 atom stereocenters. The van der Waals surface area contributed by atoms with Crippen LogP contribution in [0.3, 0.4) is 0 Å². The van der Waals surface area contributed by atoms with Crippen molar-refractivity contribution in [3.63, 3.8) is 0 Å². The van der Waals surface area contributed by atoms with E-state index in [1.54, 1.807) is 29.1 Å². The third-order valence-corrected chi connectivity index (χ3v) is 4.74. The van der Waals surface area contributed by atoms with Crippen molar-refractivity contribution >= 4 is 5.82 Å². The Morgan fingerprint density at radius 1 is 0.963 bits per heavy atom. The smallest absolute Gasteiger partial charge is 0.252 e. The Balaban J connectivity index is 1.69. The first-order valence-electron chi connectivity index (χ1n) is 9.24. The average Bonchev–Trinajstić information content (AvgIpc) is 3.20. The molecule has 0 spiro atoms. The predicted octanol–water partition coefficient (Wildman–Crippen LogP) is 2.87. The molecule has 1 aliphatic heterocycles. The summed E-state index contributed by atoms with van der Waals surface area (Å²) in [4.78, 5) is 11.6. The summed E-state index contributed by atoms with van der Waals surface area (Å²) in [6.07, 6.45) is 5.90. The average molecular weight is 367 g/mol. The molecule has 0 amide bonds. The van der Waals surface area contributed by atoms with Gasteiger partial charge in [0.1, 0.15) is 11.6 Å². The van der Waals surface area contributed by atoms with Crippen LogP contribution in [0.25, 0.3) is 5.95 Å². The van der Waals surface area contributed by atoms with Crippen LogP contribution in [-0.4, -0.2) is 37.9 Å². The van der Waals surface area contributed by atoms with E-state index < -0.39 is 0 Å². The van der Waals surface area contributed by atoms with Gasteiger partial charge < -0.3 is 10.0 Å². The first-order chi connectivity index (χ1) is 13.2. The molecule has 1 saturated heterocycles. The molecule has 3 aromatic rings. The van der Waals surface area contributed by atoms with Crippen molar-refractivity contribution in [1.29, 1.82) is 0 Å². The highest BCUT2D eigenvalue weighted by Crippen LogP contribution is 2.21. The number of aliphatic hydroxyl groups excluding tert-OH is 1. The van der Waals surface area contributed by atoms with Gasteiger partial charge in [-0.1, -0.05) is 12.1 Å². The monoisotopic (exact) mass is 367 g/mol. The van der Waals surface area contributed by atoms with E-state index in [4.69, 9.17) is 4.98 Å². The zero-order valence-corrected chi connectivity index (χ0v) is 15.1. The minimum Gasteiger partial charge on any atom is -0.390 e. The highest BCUT2D eigenvalue weighted by atomic mass is 19.1. The molecular formula is C20H22FN5O. The molecule has 0 radical (unpaired) electrons. The van der Waals surface area contributed by atoms with E-state index in [9.17, 15) is 9.50 Å². The van der Waals surface area contributed by atoms with E-state index in [1.807, 2.05) is 6.07 Å². The van der Waals surface area contributed by atoms with Gasteiger partial charge in [-0.25, -0.2) is 14.1 Å². The SMILES string of the molecule is OCc1ccn(-c2nc(Cc3ccc(F)cc3)cc(N3CCCCC3)n2)n1. The van der Waals surface area contributed by atoms with E-state index in [0.717, 1.165) is 43.0 Å². The van der Waals surface area contributed by atoms with Crippen molar-refractivity contribution in [1.82, 2.24) is 19.7 Å². The van der Waals surface area contributed by atoms with Gasteiger partial charge in [0.25, 0.3) is 5.95 Å². The normalized spacial score (nSPS) is 14.5. The zero-order chi connectivity index (χ0) is 18.6. The fourth-order valence-electron chi connectivity index (χ4n) is 3.32. The van der Waals surface area contributed by atoms with Crippen molar-refractivity contribution in [2.75, 3.05) is 18.0 Å². The van der Waals surface area contributed by atoms with Gasteiger partial charge in [-0.15, -0.1) is 0 Å². The minimum atomic E-state index is -0.246. The van der Waals surface area contributed by atoms with Crippen LogP contribution in [0.5, 0.6) is 0 Å². The Morgan fingerprint density at radius 2 is 1.74 bits per heavy atom. The molecule has 0 aliphatic carbocycles. The molecule has 0 unspecified atom stereocenters. The van der Waals surface area contributed by atoms with E-state index in [2.05, 4.69) is 15.0 Å². The summed E-state index contributed by atoms with van der Waals surface area (Å²) in [6, 6.07) is 10.2. The van der Waals surface area contributed by atoms with Gasteiger partial charge >= 0.3 is 0 Å². The number of aromatic nitrogens is 4. The van der Waals surface area contributed by atoms with Crippen molar-refractivity contribution in [2.24, 2.45) is 0 Å². The summed E-state index contributed by atoms with van der Waals surface area (Å²) in [7, 11) is 0. The fraction of sp³-hybridized carbons (Fsp3) is 0.350. The molecule has 3 heterocycles. The second kappa shape index (κ2) is 7.84. The minimum absolute atomic E-state index is 0.124. The molecule has 1 aromatic carbocycles. The first-order valence-corrected chi connectivity index (χ1v) is 9.24. The van der Waals surface area contributed by atoms with Crippen LogP contribution in [0, 0.1) is 5.82 Å². The zero-order valence-electron chi connectivity index (χ0n) is 15.1. The summed E-state index contributed by atoms with van der Waals surface area (Å²) in [5.41, 5.74) is 2.41. The Hall–Kier alpha value is -2.80. The quantitative estimate of drug-likeness (QED) is 0.751. The Kier molecular flexibility index (Phi) is 5.11. The van der Waals surface area contributed by atoms with Gasteiger partial charge in [0.15, 0.2) is 0 Å². The van der Waals surface area contributed by atoms with Gasteiger partial charge in [-0.05, 0) is 43.0 Å². The highest BCUT2D eigenvalue weighted by molar-refractivity contribution is 5.43. The lowest BCUT2D eigenvalue weighted by Gasteiger charge is -2.28. The molecule has 1 N–H and O–H groups in total. The molecule has 2 aromatic heterocycles. The van der Waals surface area contributed by atoms with Crippen molar-refractivity contribution in [3.8, 4) is 5.95 Å². The number of rotatable bonds is 5. The van der Waals surface area contributed by atoms with Crippen LogP contribution in [0.15, 0.2) is 42.6 Å². The van der Waals surface area contributed by atoms with E-state index in [-0.39, 0.29) is 12.4 Å². The van der Waals surface area contributed by atoms with Crippen LogP contribution in [0.2, 0.25) is 0 Å². The van der Waals surface area contributed by atoms with Crippen molar-refractivity contribution in [3.05, 3.63) is 65.4 Å². The maximum Gasteiger partial charge on any atom is 0.252 e. The number of aliphatic hydroxyl groups is 1. The standard InChI is InChI=1S/C20H22FN5O/c21-16-6-4-15(5-7-16)12-18-13-19(25-9-2-1-3-10-25)23-20(22-18)26-11-8-17(14-27)24-26/h4-8,11,13,27H,1-3,9-10,12,14H2. The van der Waals surface area contributed by atoms with Gasteiger partial charge in [0.05, 0.1) is 18.0 Å². The van der Waals surface area contributed by atoms with E-state index >= 15 is 0 Å². The number of benzene rings is 1. The molecular weight excluding hydrogens is 345 g/mol. The molecule has 6 nitrogen and oxygen atoms in total. The van der Waals surface area contributed by atoms with Crippen LogP contribution in [0.1, 0.15) is 36.2 Å². The second-order valence-corrected chi connectivity index (χ2v) is 6.78. The Bertz CT molecular complexity index is 903. The fourth-order valence-corrected chi connectivity index (χ4v) is 3.32.